The number of fused-ring (bicyclic) bond motifs is 1. The highest BCUT2D eigenvalue weighted by Gasteiger charge is 2.42. The summed E-state index contributed by atoms with van der Waals surface area (Å²) in [6.45, 7) is 10.6. The predicted molar refractivity (Wildman–Crippen MR) is 108 cm³/mol. The van der Waals surface area contributed by atoms with E-state index in [-0.39, 0.29) is 0 Å². The molecule has 2 saturated heterocycles. The summed E-state index contributed by atoms with van der Waals surface area (Å²) in [7, 11) is 2.00. The van der Waals surface area contributed by atoms with Gasteiger partial charge in [-0.3, -0.25) is 4.90 Å². The highest BCUT2D eigenvalue weighted by Crippen LogP contribution is 2.38. The second kappa shape index (κ2) is 8.00. The Morgan fingerprint density at radius 2 is 2.11 bits per heavy atom. The third-order valence-corrected chi connectivity index (χ3v) is 6.38. The maximum atomic E-state index is 4.88. The van der Waals surface area contributed by atoms with E-state index in [1.54, 1.807) is 0 Å². The normalized spacial score (nSPS) is 26.7. The van der Waals surface area contributed by atoms with Crippen molar-refractivity contribution in [3.8, 4) is 0 Å². The van der Waals surface area contributed by atoms with Crippen molar-refractivity contribution in [2.45, 2.75) is 57.7 Å². The van der Waals surface area contributed by atoms with Gasteiger partial charge >= 0.3 is 0 Å². The molecule has 3 heterocycles. The van der Waals surface area contributed by atoms with Crippen molar-refractivity contribution >= 4 is 5.96 Å². The topological polar surface area (TPSA) is 61.6 Å². The molecular weight excluding hydrogens is 338 g/mol. The molecule has 3 aliphatic rings. The minimum atomic E-state index is 0.551. The Bertz CT molecular complexity index is 691. The van der Waals surface area contributed by atoms with Crippen LogP contribution in [-0.4, -0.2) is 68.8 Å². The van der Waals surface area contributed by atoms with E-state index in [4.69, 9.17) is 4.99 Å². The van der Waals surface area contributed by atoms with E-state index in [9.17, 15) is 0 Å². The molecule has 1 saturated carbocycles. The van der Waals surface area contributed by atoms with Gasteiger partial charge in [0.1, 0.15) is 12.4 Å². The van der Waals surface area contributed by atoms with Crippen LogP contribution in [-0.2, 0) is 13.6 Å². The molecule has 1 N–H and O–H groups in total. The van der Waals surface area contributed by atoms with Gasteiger partial charge in [0.05, 0.1) is 0 Å². The summed E-state index contributed by atoms with van der Waals surface area (Å²) in [4.78, 5) is 10.2. The molecule has 1 aromatic heterocycles. The molecule has 0 bridgehead atoms. The second-order valence-corrected chi connectivity index (χ2v) is 8.21. The van der Waals surface area contributed by atoms with E-state index in [0.717, 1.165) is 55.2 Å². The zero-order valence-corrected chi connectivity index (χ0v) is 16.8. The molecule has 2 aliphatic heterocycles. The minimum absolute atomic E-state index is 0.551. The Morgan fingerprint density at radius 1 is 1.26 bits per heavy atom. The van der Waals surface area contributed by atoms with E-state index in [1.807, 2.05) is 24.6 Å². The zero-order chi connectivity index (χ0) is 18.8. The molecule has 1 aliphatic carbocycles. The quantitative estimate of drug-likeness (QED) is 0.485. The van der Waals surface area contributed by atoms with Gasteiger partial charge in [0.25, 0.3) is 0 Å². The number of hydrogen-bond acceptors (Lipinski definition) is 4. The Morgan fingerprint density at radius 3 is 2.81 bits per heavy atom. The van der Waals surface area contributed by atoms with Crippen LogP contribution in [0, 0.1) is 12.8 Å². The fourth-order valence-corrected chi connectivity index (χ4v) is 4.66. The number of aryl methyl sites for hydroxylation is 1. The van der Waals surface area contributed by atoms with Crippen LogP contribution < -0.4 is 5.32 Å². The van der Waals surface area contributed by atoms with Gasteiger partial charge in [0, 0.05) is 38.8 Å². The van der Waals surface area contributed by atoms with Crippen LogP contribution in [0.4, 0.5) is 0 Å². The number of likely N-dealkylation sites (tertiary alicyclic amines) is 2. The van der Waals surface area contributed by atoms with E-state index in [2.05, 4.69) is 31.9 Å². The number of aliphatic imine (C=N–C) groups is 1. The molecule has 3 fully saturated rings. The minimum Gasteiger partial charge on any atom is -0.353 e. The molecule has 1 aromatic rings. The second-order valence-electron chi connectivity index (χ2n) is 8.21. The number of aromatic nitrogens is 3. The molecule has 0 amide bonds. The maximum Gasteiger partial charge on any atom is 0.194 e. The molecule has 27 heavy (non-hydrogen) atoms. The Balaban J connectivity index is 1.45. The highest BCUT2D eigenvalue weighted by atomic mass is 15.3. The van der Waals surface area contributed by atoms with Crippen LogP contribution in [0.15, 0.2) is 17.6 Å². The monoisotopic (exact) mass is 371 g/mol. The van der Waals surface area contributed by atoms with Crippen LogP contribution in [0.5, 0.6) is 0 Å². The first-order valence-electron chi connectivity index (χ1n) is 10.4. The summed E-state index contributed by atoms with van der Waals surface area (Å²) in [6, 6.07) is 1.67. The lowest BCUT2D eigenvalue weighted by Crippen LogP contribution is -2.57. The van der Waals surface area contributed by atoms with Crippen molar-refractivity contribution in [2.75, 3.05) is 26.2 Å². The number of guanidine groups is 1. The number of nitrogens with zero attached hydrogens (tertiary/aromatic N) is 6. The average molecular weight is 372 g/mol. The Labute approximate surface area is 162 Å². The summed E-state index contributed by atoms with van der Waals surface area (Å²) >= 11 is 0. The SMILES string of the molecule is C=CCNC(=NCc1nnc(C)n1C)N1CCC2C(CCCN2C2CC2)C1. The van der Waals surface area contributed by atoms with Crippen molar-refractivity contribution in [3.05, 3.63) is 24.3 Å². The molecule has 7 nitrogen and oxygen atoms in total. The fourth-order valence-electron chi connectivity index (χ4n) is 4.66. The molecule has 7 heteroatoms. The lowest BCUT2D eigenvalue weighted by molar-refractivity contribution is 0.0370. The van der Waals surface area contributed by atoms with Gasteiger partial charge in [-0.1, -0.05) is 6.08 Å². The molecule has 0 aromatic carbocycles. The third kappa shape index (κ3) is 4.03. The van der Waals surface area contributed by atoms with Crippen molar-refractivity contribution in [1.29, 1.82) is 0 Å². The first kappa shape index (κ1) is 18.5. The van der Waals surface area contributed by atoms with Crippen LogP contribution in [0.1, 0.15) is 43.8 Å². The number of nitrogens with one attached hydrogen (secondary N) is 1. The van der Waals surface area contributed by atoms with E-state index in [1.165, 1.54) is 38.6 Å². The molecule has 0 radical (unpaired) electrons. The van der Waals surface area contributed by atoms with Gasteiger partial charge < -0.3 is 14.8 Å². The van der Waals surface area contributed by atoms with Crippen LogP contribution >= 0.6 is 0 Å². The standard InChI is InChI=1S/C20H33N7/c1-4-10-21-20(22-13-19-24-23-15(2)25(19)3)26-12-9-18-16(14-26)6-5-11-27(18)17-7-8-17/h4,16-18H,1,5-14H2,2-3H3,(H,21,22). The smallest absolute Gasteiger partial charge is 0.194 e. The lowest BCUT2D eigenvalue weighted by atomic mass is 9.83. The van der Waals surface area contributed by atoms with Gasteiger partial charge in [0.15, 0.2) is 11.8 Å². The van der Waals surface area contributed by atoms with Crippen molar-refractivity contribution in [1.82, 2.24) is 29.9 Å². The van der Waals surface area contributed by atoms with Crippen molar-refractivity contribution < 1.29 is 0 Å². The summed E-state index contributed by atoms with van der Waals surface area (Å²) in [5, 5.41) is 11.9. The van der Waals surface area contributed by atoms with Gasteiger partial charge in [-0.05, 0) is 51.5 Å². The highest BCUT2D eigenvalue weighted by molar-refractivity contribution is 5.80. The van der Waals surface area contributed by atoms with Crippen LogP contribution in [0.25, 0.3) is 0 Å². The molecule has 2 atom stereocenters. The lowest BCUT2D eigenvalue weighted by Gasteiger charge is -2.48. The number of rotatable bonds is 5. The summed E-state index contributed by atoms with van der Waals surface area (Å²) in [5.74, 6) is 3.57. The molecule has 2 unspecified atom stereocenters. The van der Waals surface area contributed by atoms with Gasteiger partial charge in [-0.2, -0.15) is 0 Å². The summed E-state index contributed by atoms with van der Waals surface area (Å²) in [6.07, 6.45) is 8.66. The largest absolute Gasteiger partial charge is 0.353 e. The van der Waals surface area contributed by atoms with E-state index < -0.39 is 0 Å². The summed E-state index contributed by atoms with van der Waals surface area (Å²) < 4.78 is 2.01. The predicted octanol–water partition coefficient (Wildman–Crippen LogP) is 1.70. The Kier molecular flexibility index (Phi) is 5.48. The van der Waals surface area contributed by atoms with Crippen molar-refractivity contribution in [2.24, 2.45) is 18.0 Å². The third-order valence-electron chi connectivity index (χ3n) is 6.38. The first-order chi connectivity index (χ1) is 13.2. The van der Waals surface area contributed by atoms with Gasteiger partial charge in [-0.25, -0.2) is 4.99 Å². The molecule has 148 valence electrons. The van der Waals surface area contributed by atoms with Crippen LogP contribution in [0.3, 0.4) is 0 Å². The first-order valence-corrected chi connectivity index (χ1v) is 10.4. The van der Waals surface area contributed by atoms with Crippen molar-refractivity contribution in [3.63, 3.8) is 0 Å². The fraction of sp³-hybridized carbons (Fsp3) is 0.750. The van der Waals surface area contributed by atoms with Crippen LogP contribution in [0.2, 0.25) is 0 Å². The van der Waals surface area contributed by atoms with E-state index in [0.29, 0.717) is 6.54 Å². The average Bonchev–Trinajstić information content (AvgIpc) is 3.49. The van der Waals surface area contributed by atoms with Gasteiger partial charge in [-0.15, -0.1) is 16.8 Å². The molecular formula is C20H33N7. The van der Waals surface area contributed by atoms with E-state index >= 15 is 0 Å². The number of piperidine rings is 2. The number of hydrogen-bond donors (Lipinski definition) is 1. The molecule has 4 rings (SSSR count). The Hall–Kier alpha value is -1.89. The zero-order valence-electron chi connectivity index (χ0n) is 16.8. The molecule has 0 spiro atoms. The summed E-state index contributed by atoms with van der Waals surface area (Å²) in [5.41, 5.74) is 0. The maximum absolute atomic E-state index is 4.88. The van der Waals surface area contributed by atoms with Gasteiger partial charge in [0.2, 0.25) is 0 Å².